The van der Waals surface area contributed by atoms with Crippen LogP contribution in [0, 0.1) is 0 Å². The maximum atomic E-state index is 12.9. The number of rotatable bonds is 6. The van der Waals surface area contributed by atoms with Gasteiger partial charge in [0.1, 0.15) is 5.03 Å². The highest BCUT2D eigenvalue weighted by Gasteiger charge is 2.34. The van der Waals surface area contributed by atoms with Gasteiger partial charge in [-0.05, 0) is 51.2 Å². The number of likely N-dealkylation sites (N-methyl/N-ethyl adjacent to an activating group) is 1. The van der Waals surface area contributed by atoms with Crippen molar-refractivity contribution in [1.29, 1.82) is 0 Å². The first kappa shape index (κ1) is 20.2. The van der Waals surface area contributed by atoms with Crippen molar-refractivity contribution in [2.45, 2.75) is 47.6 Å². The van der Waals surface area contributed by atoms with E-state index in [1.165, 1.54) is 31.0 Å². The van der Waals surface area contributed by atoms with Crippen LogP contribution >= 0.6 is 23.4 Å². The average Bonchev–Trinajstić information content (AvgIpc) is 2.69. The number of pyridine rings is 1. The molecule has 1 aliphatic carbocycles. The Morgan fingerprint density at radius 2 is 1.93 bits per heavy atom. The standard InChI is InChI=1S/C21H26ClN3OS/c1-25(2)21(12-6-3-7-13-21)15-24-19(26)16-9-8-14-23-20(16)27-18-11-5-4-10-17(18)22/h4-5,8-11,14H,3,6-7,12-13,15H2,1-2H3,(H,24,26). The molecule has 4 nitrogen and oxygen atoms in total. The van der Waals surface area contributed by atoms with Gasteiger partial charge in [-0.2, -0.15) is 0 Å². The molecule has 1 aromatic heterocycles. The predicted molar refractivity (Wildman–Crippen MR) is 112 cm³/mol. The zero-order valence-electron chi connectivity index (χ0n) is 15.9. The smallest absolute Gasteiger partial charge is 0.254 e. The summed E-state index contributed by atoms with van der Waals surface area (Å²) in [5.74, 6) is -0.0792. The Bertz CT molecular complexity index is 791. The SMILES string of the molecule is CN(C)C1(CNC(=O)c2cccnc2Sc2ccccc2Cl)CCCCC1. The minimum absolute atomic E-state index is 0.0478. The lowest BCUT2D eigenvalue weighted by atomic mass is 9.80. The van der Waals surface area contributed by atoms with Gasteiger partial charge >= 0.3 is 0 Å². The van der Waals surface area contributed by atoms with Gasteiger partial charge in [0.05, 0.1) is 10.6 Å². The molecular weight excluding hydrogens is 378 g/mol. The van der Waals surface area contributed by atoms with Gasteiger partial charge < -0.3 is 10.2 Å². The van der Waals surface area contributed by atoms with E-state index in [-0.39, 0.29) is 11.4 Å². The molecule has 1 N–H and O–H groups in total. The molecule has 27 heavy (non-hydrogen) atoms. The molecule has 3 rings (SSSR count). The van der Waals surface area contributed by atoms with Crippen LogP contribution in [0.5, 0.6) is 0 Å². The van der Waals surface area contributed by atoms with Crippen LogP contribution in [0.4, 0.5) is 0 Å². The lowest BCUT2D eigenvalue weighted by molar-refractivity contribution is 0.0797. The predicted octanol–water partition coefficient (Wildman–Crippen LogP) is 4.88. The van der Waals surface area contributed by atoms with Crippen LogP contribution in [0.25, 0.3) is 0 Å². The van der Waals surface area contributed by atoms with Gasteiger partial charge in [-0.25, -0.2) is 4.98 Å². The van der Waals surface area contributed by atoms with E-state index >= 15 is 0 Å². The van der Waals surface area contributed by atoms with E-state index in [4.69, 9.17) is 11.6 Å². The quantitative estimate of drug-likeness (QED) is 0.746. The molecule has 6 heteroatoms. The third-order valence-corrected chi connectivity index (χ3v) is 6.91. The van der Waals surface area contributed by atoms with E-state index < -0.39 is 0 Å². The summed E-state index contributed by atoms with van der Waals surface area (Å²) in [6.45, 7) is 0.657. The Kier molecular flexibility index (Phi) is 6.79. The number of aromatic nitrogens is 1. The molecule has 1 aromatic carbocycles. The van der Waals surface area contributed by atoms with E-state index in [9.17, 15) is 4.79 Å². The zero-order chi connectivity index (χ0) is 19.3. The summed E-state index contributed by atoms with van der Waals surface area (Å²) in [7, 11) is 4.22. The molecule has 1 aliphatic rings. The van der Waals surface area contributed by atoms with Crippen LogP contribution in [-0.4, -0.2) is 42.0 Å². The number of carbonyl (C=O) groups excluding carboxylic acids is 1. The Morgan fingerprint density at radius 1 is 1.19 bits per heavy atom. The fourth-order valence-corrected chi connectivity index (χ4v) is 4.76. The van der Waals surface area contributed by atoms with E-state index in [1.54, 1.807) is 12.3 Å². The van der Waals surface area contributed by atoms with Crippen molar-refractivity contribution in [2.24, 2.45) is 0 Å². The molecule has 0 saturated heterocycles. The molecule has 2 aromatic rings. The van der Waals surface area contributed by atoms with E-state index in [1.807, 2.05) is 30.3 Å². The number of nitrogens with one attached hydrogen (secondary N) is 1. The first-order valence-electron chi connectivity index (χ1n) is 9.35. The van der Waals surface area contributed by atoms with Crippen LogP contribution in [0.2, 0.25) is 5.02 Å². The number of nitrogens with zero attached hydrogens (tertiary/aromatic N) is 2. The van der Waals surface area contributed by atoms with E-state index in [0.29, 0.717) is 22.2 Å². The second kappa shape index (κ2) is 9.09. The molecule has 0 aliphatic heterocycles. The van der Waals surface area contributed by atoms with Crippen LogP contribution in [0.3, 0.4) is 0 Å². The van der Waals surface area contributed by atoms with Crippen molar-refractivity contribution in [3.8, 4) is 0 Å². The van der Waals surface area contributed by atoms with Crippen LogP contribution < -0.4 is 5.32 Å². The van der Waals surface area contributed by atoms with E-state index in [2.05, 4.69) is 29.3 Å². The van der Waals surface area contributed by atoms with Crippen LogP contribution in [0.15, 0.2) is 52.5 Å². The summed E-state index contributed by atoms with van der Waals surface area (Å²) in [6, 6.07) is 11.2. The van der Waals surface area contributed by atoms with Gasteiger partial charge in [-0.3, -0.25) is 4.79 Å². The highest BCUT2D eigenvalue weighted by atomic mass is 35.5. The van der Waals surface area contributed by atoms with Gasteiger partial charge in [0, 0.05) is 23.2 Å². The first-order valence-corrected chi connectivity index (χ1v) is 10.5. The fraction of sp³-hybridized carbons (Fsp3) is 0.429. The van der Waals surface area contributed by atoms with Crippen molar-refractivity contribution >= 4 is 29.3 Å². The third-order valence-electron chi connectivity index (χ3n) is 5.37. The van der Waals surface area contributed by atoms with Crippen molar-refractivity contribution in [2.75, 3.05) is 20.6 Å². The summed E-state index contributed by atoms with van der Waals surface area (Å²) in [5.41, 5.74) is 0.638. The molecule has 1 fully saturated rings. The fourth-order valence-electron chi connectivity index (χ4n) is 3.61. The minimum atomic E-state index is -0.0792. The second-order valence-corrected chi connectivity index (χ2v) is 8.69. The monoisotopic (exact) mass is 403 g/mol. The number of benzene rings is 1. The molecule has 1 heterocycles. The lowest BCUT2D eigenvalue weighted by Crippen LogP contribution is -2.53. The molecule has 0 spiro atoms. The molecule has 1 amide bonds. The molecule has 0 bridgehead atoms. The molecule has 144 valence electrons. The third kappa shape index (κ3) is 4.84. The second-order valence-electron chi connectivity index (χ2n) is 7.25. The van der Waals surface area contributed by atoms with Gasteiger partial charge in [-0.1, -0.05) is 54.8 Å². The molecule has 1 saturated carbocycles. The number of amides is 1. The van der Waals surface area contributed by atoms with Gasteiger partial charge in [0.15, 0.2) is 0 Å². The van der Waals surface area contributed by atoms with E-state index in [0.717, 1.165) is 17.7 Å². The summed E-state index contributed by atoms with van der Waals surface area (Å²) in [5, 5.41) is 4.50. The van der Waals surface area contributed by atoms with Crippen molar-refractivity contribution in [1.82, 2.24) is 15.2 Å². The number of hydrogen-bond donors (Lipinski definition) is 1. The largest absolute Gasteiger partial charge is 0.350 e. The van der Waals surface area contributed by atoms with Crippen LogP contribution in [-0.2, 0) is 0 Å². The minimum Gasteiger partial charge on any atom is -0.350 e. The maximum Gasteiger partial charge on any atom is 0.254 e. The van der Waals surface area contributed by atoms with Gasteiger partial charge in [0.2, 0.25) is 0 Å². The van der Waals surface area contributed by atoms with Crippen molar-refractivity contribution in [3.05, 3.63) is 53.2 Å². The number of carbonyl (C=O) groups is 1. The Labute approximate surface area is 170 Å². The summed E-state index contributed by atoms with van der Waals surface area (Å²) in [4.78, 5) is 20.5. The average molecular weight is 404 g/mol. The van der Waals surface area contributed by atoms with Crippen LogP contribution in [0.1, 0.15) is 42.5 Å². The summed E-state index contributed by atoms with van der Waals surface area (Å²) >= 11 is 7.69. The highest BCUT2D eigenvalue weighted by molar-refractivity contribution is 7.99. The maximum absolute atomic E-state index is 12.9. The normalized spacial score (nSPS) is 16.3. The lowest BCUT2D eigenvalue weighted by Gasteiger charge is -2.43. The number of halogens is 1. The topological polar surface area (TPSA) is 45.2 Å². The molecule has 0 unspecified atom stereocenters. The van der Waals surface area contributed by atoms with Crippen molar-refractivity contribution in [3.63, 3.8) is 0 Å². The van der Waals surface area contributed by atoms with Gasteiger partial charge in [0.25, 0.3) is 5.91 Å². The zero-order valence-corrected chi connectivity index (χ0v) is 17.4. The first-order chi connectivity index (χ1) is 13.0. The Morgan fingerprint density at radius 3 is 2.63 bits per heavy atom. The molecule has 0 radical (unpaired) electrons. The highest BCUT2D eigenvalue weighted by Crippen LogP contribution is 2.34. The van der Waals surface area contributed by atoms with Crippen molar-refractivity contribution < 1.29 is 4.79 Å². The molecule has 0 atom stereocenters. The van der Waals surface area contributed by atoms with Gasteiger partial charge in [-0.15, -0.1) is 0 Å². The number of hydrogen-bond acceptors (Lipinski definition) is 4. The molecular formula is C21H26ClN3OS. The Balaban J connectivity index is 1.74. The Hall–Kier alpha value is -1.56. The summed E-state index contributed by atoms with van der Waals surface area (Å²) in [6.07, 6.45) is 7.66. The summed E-state index contributed by atoms with van der Waals surface area (Å²) < 4.78 is 0.